The number of amides is 2. The Morgan fingerprint density at radius 2 is 2.00 bits per heavy atom. The van der Waals surface area contributed by atoms with E-state index in [1.807, 2.05) is 6.26 Å². The Kier molecular flexibility index (Phi) is 9.88. The van der Waals surface area contributed by atoms with Crippen molar-refractivity contribution in [2.45, 2.75) is 6.42 Å². The van der Waals surface area contributed by atoms with Crippen LogP contribution >= 0.6 is 24.2 Å². The van der Waals surface area contributed by atoms with Crippen LogP contribution in [0, 0.1) is 0 Å². The van der Waals surface area contributed by atoms with Crippen molar-refractivity contribution in [2.75, 3.05) is 30.4 Å². The number of rotatable bonds is 7. The standard InChI is InChI=1S/C13H19N3O2S.ClH/c1-19-9-6-12(17)16-11-5-3-2-4-10(11)13(18)15-8-7-14;/h2-5H,6-9,14H2,1H3,(H,15,18)(H,16,17);1H. The normalized spacial score (nSPS) is 9.50. The van der Waals surface area contributed by atoms with Crippen LogP contribution < -0.4 is 16.4 Å². The molecule has 0 saturated heterocycles. The molecule has 0 atom stereocenters. The number of carbonyl (C=O) groups excluding carboxylic acids is 2. The monoisotopic (exact) mass is 317 g/mol. The number of carbonyl (C=O) groups is 2. The Balaban J connectivity index is 0.00000361. The zero-order valence-corrected chi connectivity index (χ0v) is 13.0. The fourth-order valence-corrected chi connectivity index (χ4v) is 1.87. The van der Waals surface area contributed by atoms with E-state index in [1.165, 1.54) is 0 Å². The van der Waals surface area contributed by atoms with Crippen molar-refractivity contribution < 1.29 is 9.59 Å². The predicted octanol–water partition coefficient (Wildman–Crippen LogP) is 1.49. The Morgan fingerprint density at radius 3 is 2.65 bits per heavy atom. The van der Waals surface area contributed by atoms with Crippen molar-refractivity contribution in [3.05, 3.63) is 29.8 Å². The van der Waals surface area contributed by atoms with Gasteiger partial charge in [0.05, 0.1) is 11.3 Å². The molecule has 5 nitrogen and oxygen atoms in total. The summed E-state index contributed by atoms with van der Waals surface area (Å²) in [6, 6.07) is 6.93. The minimum absolute atomic E-state index is 0. The molecule has 0 spiro atoms. The second kappa shape index (κ2) is 10.5. The molecular weight excluding hydrogens is 298 g/mol. The number of hydrogen-bond donors (Lipinski definition) is 3. The van der Waals surface area contributed by atoms with E-state index >= 15 is 0 Å². The van der Waals surface area contributed by atoms with Gasteiger partial charge < -0.3 is 16.4 Å². The van der Waals surface area contributed by atoms with Crippen LogP contribution in [0.15, 0.2) is 24.3 Å². The van der Waals surface area contributed by atoms with E-state index in [9.17, 15) is 9.59 Å². The summed E-state index contributed by atoms with van der Waals surface area (Å²) < 4.78 is 0. The summed E-state index contributed by atoms with van der Waals surface area (Å²) in [5, 5.41) is 5.44. The fourth-order valence-electron chi connectivity index (χ4n) is 1.48. The van der Waals surface area contributed by atoms with E-state index in [1.54, 1.807) is 36.0 Å². The van der Waals surface area contributed by atoms with Crippen LogP contribution in [0.4, 0.5) is 5.69 Å². The first-order valence-electron chi connectivity index (χ1n) is 6.05. The SMILES string of the molecule is CSCCC(=O)Nc1ccccc1C(=O)NCCN.Cl. The Bertz CT molecular complexity index is 443. The number of hydrogen-bond acceptors (Lipinski definition) is 4. The largest absolute Gasteiger partial charge is 0.351 e. The molecule has 112 valence electrons. The highest BCUT2D eigenvalue weighted by atomic mass is 35.5. The van der Waals surface area contributed by atoms with Gasteiger partial charge in [-0.1, -0.05) is 12.1 Å². The van der Waals surface area contributed by atoms with Crippen LogP contribution in [0.25, 0.3) is 0 Å². The molecule has 0 radical (unpaired) electrons. The summed E-state index contributed by atoms with van der Waals surface area (Å²) >= 11 is 1.61. The molecule has 0 aliphatic heterocycles. The molecule has 0 unspecified atom stereocenters. The average molecular weight is 318 g/mol. The van der Waals surface area contributed by atoms with Gasteiger partial charge in [0.1, 0.15) is 0 Å². The molecular formula is C13H20ClN3O2S. The van der Waals surface area contributed by atoms with Crippen molar-refractivity contribution >= 4 is 41.7 Å². The van der Waals surface area contributed by atoms with Gasteiger partial charge >= 0.3 is 0 Å². The molecule has 0 fully saturated rings. The number of nitrogens with one attached hydrogen (secondary N) is 2. The van der Waals surface area contributed by atoms with Crippen LogP contribution in [-0.2, 0) is 4.79 Å². The number of anilines is 1. The van der Waals surface area contributed by atoms with Crippen LogP contribution in [0.1, 0.15) is 16.8 Å². The molecule has 0 bridgehead atoms. The number of benzene rings is 1. The molecule has 0 aliphatic rings. The van der Waals surface area contributed by atoms with Crippen LogP contribution in [0.5, 0.6) is 0 Å². The summed E-state index contributed by atoms with van der Waals surface area (Å²) in [4.78, 5) is 23.6. The van der Waals surface area contributed by atoms with E-state index in [0.29, 0.717) is 30.8 Å². The highest BCUT2D eigenvalue weighted by molar-refractivity contribution is 7.98. The first kappa shape index (κ1) is 18.8. The van der Waals surface area contributed by atoms with Crippen LogP contribution in [0.3, 0.4) is 0 Å². The lowest BCUT2D eigenvalue weighted by Crippen LogP contribution is -2.30. The molecule has 0 aliphatic carbocycles. The van der Waals surface area contributed by atoms with Crippen molar-refractivity contribution in [3.63, 3.8) is 0 Å². The van der Waals surface area contributed by atoms with E-state index < -0.39 is 0 Å². The van der Waals surface area contributed by atoms with Gasteiger partial charge in [-0.25, -0.2) is 0 Å². The Hall–Kier alpha value is -1.24. The first-order chi connectivity index (χ1) is 9.19. The minimum Gasteiger partial charge on any atom is -0.351 e. The zero-order valence-electron chi connectivity index (χ0n) is 11.3. The Labute approximate surface area is 129 Å². The van der Waals surface area contributed by atoms with E-state index in [4.69, 9.17) is 5.73 Å². The number of halogens is 1. The molecule has 1 aromatic carbocycles. The third-order valence-corrected chi connectivity index (χ3v) is 3.02. The molecule has 7 heteroatoms. The van der Waals surface area contributed by atoms with Crippen molar-refractivity contribution in [2.24, 2.45) is 5.73 Å². The molecule has 4 N–H and O–H groups in total. The van der Waals surface area contributed by atoms with Crippen LogP contribution in [-0.4, -0.2) is 36.9 Å². The van der Waals surface area contributed by atoms with Gasteiger partial charge in [0.25, 0.3) is 5.91 Å². The van der Waals surface area contributed by atoms with Gasteiger partial charge in [-0.2, -0.15) is 11.8 Å². The van der Waals surface area contributed by atoms with Gasteiger partial charge in [0.15, 0.2) is 0 Å². The molecule has 1 aromatic rings. The topological polar surface area (TPSA) is 84.2 Å². The van der Waals surface area contributed by atoms with Gasteiger partial charge in [0.2, 0.25) is 5.91 Å². The van der Waals surface area contributed by atoms with Gasteiger partial charge in [-0.15, -0.1) is 12.4 Å². The second-order valence-electron chi connectivity index (χ2n) is 3.88. The molecule has 0 heterocycles. The third kappa shape index (κ3) is 6.27. The average Bonchev–Trinajstić information content (AvgIpc) is 2.43. The number of para-hydroxylation sites is 1. The maximum Gasteiger partial charge on any atom is 0.253 e. The molecule has 20 heavy (non-hydrogen) atoms. The van der Waals surface area contributed by atoms with E-state index in [-0.39, 0.29) is 24.2 Å². The van der Waals surface area contributed by atoms with E-state index in [2.05, 4.69) is 10.6 Å². The van der Waals surface area contributed by atoms with Gasteiger partial charge in [-0.3, -0.25) is 9.59 Å². The summed E-state index contributed by atoms with van der Waals surface area (Å²) in [6.07, 6.45) is 2.38. The Morgan fingerprint density at radius 1 is 1.30 bits per heavy atom. The lowest BCUT2D eigenvalue weighted by molar-refractivity contribution is -0.115. The maximum absolute atomic E-state index is 11.9. The second-order valence-corrected chi connectivity index (χ2v) is 4.87. The molecule has 1 rings (SSSR count). The van der Waals surface area contributed by atoms with Crippen LogP contribution in [0.2, 0.25) is 0 Å². The lowest BCUT2D eigenvalue weighted by atomic mass is 10.1. The predicted molar refractivity (Wildman–Crippen MR) is 86.7 cm³/mol. The summed E-state index contributed by atoms with van der Waals surface area (Å²) in [5.41, 5.74) is 6.32. The van der Waals surface area contributed by atoms with E-state index in [0.717, 1.165) is 5.75 Å². The highest BCUT2D eigenvalue weighted by Crippen LogP contribution is 2.15. The van der Waals surface area contributed by atoms with Crippen molar-refractivity contribution in [1.29, 1.82) is 0 Å². The van der Waals surface area contributed by atoms with Gasteiger partial charge in [-0.05, 0) is 18.4 Å². The molecule has 0 saturated carbocycles. The zero-order chi connectivity index (χ0) is 14.1. The number of thioether (sulfide) groups is 1. The quantitative estimate of drug-likeness (QED) is 0.711. The summed E-state index contributed by atoms with van der Waals surface area (Å²) in [5.74, 6) is 0.438. The smallest absolute Gasteiger partial charge is 0.253 e. The fraction of sp³-hybridized carbons (Fsp3) is 0.385. The van der Waals surface area contributed by atoms with Crippen molar-refractivity contribution in [1.82, 2.24) is 5.32 Å². The summed E-state index contributed by atoms with van der Waals surface area (Å²) in [6.45, 7) is 0.793. The number of nitrogens with two attached hydrogens (primary N) is 1. The first-order valence-corrected chi connectivity index (χ1v) is 7.44. The third-order valence-electron chi connectivity index (χ3n) is 2.41. The minimum atomic E-state index is -0.230. The molecule has 0 aromatic heterocycles. The lowest BCUT2D eigenvalue weighted by Gasteiger charge is -2.10. The van der Waals surface area contributed by atoms with Crippen molar-refractivity contribution in [3.8, 4) is 0 Å². The maximum atomic E-state index is 11.9. The highest BCUT2D eigenvalue weighted by Gasteiger charge is 2.12. The van der Waals surface area contributed by atoms with Gasteiger partial charge in [0, 0.05) is 25.3 Å². The summed E-state index contributed by atoms with van der Waals surface area (Å²) in [7, 11) is 0. The molecule has 2 amide bonds.